The van der Waals surface area contributed by atoms with Crippen LogP contribution in [-0.4, -0.2) is 43.9 Å². The molecule has 5 nitrogen and oxygen atoms in total. The predicted octanol–water partition coefficient (Wildman–Crippen LogP) is 4.99. The van der Waals surface area contributed by atoms with E-state index in [4.69, 9.17) is 16.6 Å². The molecule has 170 valence electrons. The number of sulfonamides is 1. The summed E-state index contributed by atoms with van der Waals surface area (Å²) in [5.41, 5.74) is 3.60. The van der Waals surface area contributed by atoms with Gasteiger partial charge < -0.3 is 4.90 Å². The maximum atomic E-state index is 13.4. The van der Waals surface area contributed by atoms with Gasteiger partial charge in [-0.05, 0) is 35.7 Å². The number of anilines is 1. The zero-order valence-electron chi connectivity index (χ0n) is 17.8. The second-order valence-corrected chi connectivity index (χ2v) is 11.0. The van der Waals surface area contributed by atoms with Crippen molar-refractivity contribution in [1.82, 2.24) is 9.29 Å². The first-order chi connectivity index (χ1) is 15.4. The van der Waals surface area contributed by atoms with Gasteiger partial charge in [0, 0.05) is 38.0 Å². The van der Waals surface area contributed by atoms with Crippen molar-refractivity contribution >= 4 is 38.1 Å². The summed E-state index contributed by atoms with van der Waals surface area (Å²) < 4.78 is 40.6. The first kappa shape index (κ1) is 23.2. The van der Waals surface area contributed by atoms with Gasteiger partial charge in [-0.1, -0.05) is 49.2 Å². The van der Waals surface area contributed by atoms with E-state index < -0.39 is 15.8 Å². The predicted molar refractivity (Wildman–Crippen MR) is 128 cm³/mol. The lowest BCUT2D eigenvalue weighted by molar-refractivity contribution is 0.384. The molecule has 0 spiro atoms. The van der Waals surface area contributed by atoms with Crippen LogP contribution in [0.4, 0.5) is 9.52 Å². The molecule has 0 atom stereocenters. The van der Waals surface area contributed by atoms with Crippen LogP contribution >= 0.6 is 22.9 Å². The number of piperazine rings is 1. The Balaban J connectivity index is 1.37. The molecule has 0 bridgehead atoms. The average molecular weight is 494 g/mol. The van der Waals surface area contributed by atoms with Crippen LogP contribution in [0.3, 0.4) is 0 Å². The summed E-state index contributed by atoms with van der Waals surface area (Å²) in [6.45, 7) is 3.95. The summed E-state index contributed by atoms with van der Waals surface area (Å²) in [4.78, 5) is 6.90. The standard InChI is InChI=1S/C23H25ClFN3O2S2/c1-2-3-17-4-6-18(7-5-17)14-19-16-31-23(26-19)27-10-12-28(13-11-27)32(29,30)20-8-9-22(25)21(24)15-20/h4-9,15-16H,2-3,10-14H2,1H3. The smallest absolute Gasteiger partial charge is 0.243 e. The maximum Gasteiger partial charge on any atom is 0.243 e. The Morgan fingerprint density at radius 2 is 1.75 bits per heavy atom. The third-order valence-corrected chi connectivity index (χ3v) is 8.66. The van der Waals surface area contributed by atoms with Crippen LogP contribution in [0.25, 0.3) is 0 Å². The largest absolute Gasteiger partial charge is 0.345 e. The van der Waals surface area contributed by atoms with E-state index in [0.717, 1.165) is 36.2 Å². The summed E-state index contributed by atoms with van der Waals surface area (Å²) in [7, 11) is -3.71. The highest BCUT2D eigenvalue weighted by Crippen LogP contribution is 2.27. The number of halogens is 2. The molecule has 1 fully saturated rings. The van der Waals surface area contributed by atoms with Crippen molar-refractivity contribution in [2.24, 2.45) is 0 Å². The fraction of sp³-hybridized carbons (Fsp3) is 0.348. The minimum absolute atomic E-state index is 0.0128. The summed E-state index contributed by atoms with van der Waals surface area (Å²) in [5.74, 6) is -0.632. The van der Waals surface area contributed by atoms with Gasteiger partial charge in [0.05, 0.1) is 15.6 Å². The van der Waals surface area contributed by atoms with Crippen LogP contribution in [0.5, 0.6) is 0 Å². The topological polar surface area (TPSA) is 53.5 Å². The number of aryl methyl sites for hydroxylation is 1. The monoisotopic (exact) mass is 493 g/mol. The summed E-state index contributed by atoms with van der Waals surface area (Å²) in [6, 6.07) is 12.2. The second-order valence-electron chi connectivity index (χ2n) is 7.83. The third-order valence-electron chi connectivity index (χ3n) is 5.52. The van der Waals surface area contributed by atoms with Crippen LogP contribution in [0.15, 0.2) is 52.7 Å². The lowest BCUT2D eigenvalue weighted by atomic mass is 10.1. The Morgan fingerprint density at radius 1 is 1.06 bits per heavy atom. The SMILES string of the molecule is CCCc1ccc(Cc2csc(N3CCN(S(=O)(=O)c4ccc(F)c(Cl)c4)CC3)n2)cc1. The van der Waals surface area contributed by atoms with Gasteiger partial charge in [-0.2, -0.15) is 4.31 Å². The van der Waals surface area contributed by atoms with Crippen molar-refractivity contribution in [3.8, 4) is 0 Å². The van der Waals surface area contributed by atoms with Crippen molar-refractivity contribution in [3.05, 3.63) is 75.5 Å². The highest BCUT2D eigenvalue weighted by Gasteiger charge is 2.29. The zero-order chi connectivity index (χ0) is 22.7. The van der Waals surface area contributed by atoms with Crippen LogP contribution in [0.2, 0.25) is 5.02 Å². The Kier molecular flexibility index (Phi) is 7.14. The van der Waals surface area contributed by atoms with Crippen molar-refractivity contribution in [2.75, 3.05) is 31.1 Å². The lowest BCUT2D eigenvalue weighted by Crippen LogP contribution is -2.48. The van der Waals surface area contributed by atoms with Crippen LogP contribution in [-0.2, 0) is 22.9 Å². The number of benzene rings is 2. The third kappa shape index (κ3) is 5.14. The van der Waals surface area contributed by atoms with Gasteiger partial charge in [0.25, 0.3) is 0 Å². The van der Waals surface area contributed by atoms with E-state index in [0.29, 0.717) is 26.2 Å². The molecule has 0 N–H and O–H groups in total. The van der Waals surface area contributed by atoms with E-state index in [2.05, 4.69) is 41.5 Å². The Morgan fingerprint density at radius 3 is 2.41 bits per heavy atom. The normalized spacial score (nSPS) is 15.3. The first-order valence-electron chi connectivity index (χ1n) is 10.6. The molecule has 1 aromatic heterocycles. The van der Waals surface area contributed by atoms with E-state index >= 15 is 0 Å². The minimum Gasteiger partial charge on any atom is -0.345 e. The van der Waals surface area contributed by atoms with E-state index in [9.17, 15) is 12.8 Å². The molecule has 4 rings (SSSR count). The highest BCUT2D eigenvalue weighted by atomic mass is 35.5. The van der Waals surface area contributed by atoms with E-state index in [1.807, 2.05) is 0 Å². The summed E-state index contributed by atoms with van der Waals surface area (Å²) in [5, 5.41) is 2.78. The number of hydrogen-bond donors (Lipinski definition) is 0. The molecule has 0 saturated carbocycles. The number of nitrogens with zero attached hydrogens (tertiary/aromatic N) is 3. The van der Waals surface area contributed by atoms with E-state index in [1.54, 1.807) is 11.3 Å². The molecule has 1 aliphatic heterocycles. The van der Waals surface area contributed by atoms with Crippen LogP contribution < -0.4 is 4.90 Å². The number of thiazole rings is 1. The molecule has 9 heteroatoms. The Labute approximate surface area is 197 Å². The molecule has 1 aliphatic rings. The number of hydrogen-bond acceptors (Lipinski definition) is 5. The van der Waals surface area contributed by atoms with Gasteiger partial charge in [-0.15, -0.1) is 11.3 Å². The molecule has 0 amide bonds. The summed E-state index contributed by atoms with van der Waals surface area (Å²) >= 11 is 7.35. The Bertz CT molecular complexity index is 1170. The number of rotatable bonds is 7. The van der Waals surface area contributed by atoms with E-state index in [-0.39, 0.29) is 9.92 Å². The van der Waals surface area contributed by atoms with Gasteiger partial charge in [0.15, 0.2) is 5.13 Å². The molecule has 0 radical (unpaired) electrons. The van der Waals surface area contributed by atoms with Crippen molar-refractivity contribution < 1.29 is 12.8 Å². The van der Waals surface area contributed by atoms with Gasteiger partial charge in [-0.3, -0.25) is 0 Å². The maximum absolute atomic E-state index is 13.4. The van der Waals surface area contributed by atoms with Gasteiger partial charge in [-0.25, -0.2) is 17.8 Å². The average Bonchev–Trinajstić information content (AvgIpc) is 3.26. The minimum atomic E-state index is -3.71. The molecular formula is C23H25ClFN3O2S2. The quantitative estimate of drug-likeness (QED) is 0.465. The van der Waals surface area contributed by atoms with Crippen molar-refractivity contribution in [3.63, 3.8) is 0 Å². The van der Waals surface area contributed by atoms with Crippen LogP contribution in [0.1, 0.15) is 30.2 Å². The van der Waals surface area contributed by atoms with E-state index in [1.165, 1.54) is 27.6 Å². The molecule has 0 unspecified atom stereocenters. The van der Waals surface area contributed by atoms with Crippen molar-refractivity contribution in [1.29, 1.82) is 0 Å². The fourth-order valence-electron chi connectivity index (χ4n) is 3.75. The molecular weight excluding hydrogens is 469 g/mol. The second kappa shape index (κ2) is 9.87. The first-order valence-corrected chi connectivity index (χ1v) is 13.3. The highest BCUT2D eigenvalue weighted by molar-refractivity contribution is 7.89. The molecule has 2 aromatic carbocycles. The molecule has 3 aromatic rings. The zero-order valence-corrected chi connectivity index (χ0v) is 20.2. The Hall–Kier alpha value is -2.00. The lowest BCUT2D eigenvalue weighted by Gasteiger charge is -2.33. The molecule has 2 heterocycles. The summed E-state index contributed by atoms with van der Waals surface area (Å²) in [6.07, 6.45) is 3.01. The molecule has 1 saturated heterocycles. The van der Waals surface area contributed by atoms with Gasteiger partial charge in [0.2, 0.25) is 10.0 Å². The molecule has 0 aliphatic carbocycles. The fourth-order valence-corrected chi connectivity index (χ4v) is 6.32. The molecule has 32 heavy (non-hydrogen) atoms. The van der Waals surface area contributed by atoms with Crippen molar-refractivity contribution in [2.45, 2.75) is 31.1 Å². The van der Waals surface area contributed by atoms with Crippen LogP contribution in [0, 0.1) is 5.82 Å². The van der Waals surface area contributed by atoms with Gasteiger partial charge >= 0.3 is 0 Å². The number of aromatic nitrogens is 1. The van der Waals surface area contributed by atoms with Gasteiger partial charge in [0.1, 0.15) is 5.82 Å².